The Morgan fingerprint density at radius 1 is 1.11 bits per heavy atom. The number of rotatable bonds is 5. The second kappa shape index (κ2) is 9.35. The van der Waals surface area contributed by atoms with E-state index in [1.165, 1.54) is 5.56 Å². The van der Waals surface area contributed by atoms with E-state index in [1.54, 1.807) is 0 Å². The third kappa shape index (κ3) is 5.54. The Morgan fingerprint density at radius 2 is 1.81 bits per heavy atom. The summed E-state index contributed by atoms with van der Waals surface area (Å²) in [5, 5.41) is 3.05. The second-order valence-electron chi connectivity index (χ2n) is 7.09. The first-order valence-electron chi connectivity index (χ1n) is 9.41. The van der Waals surface area contributed by atoms with Crippen molar-refractivity contribution in [2.75, 3.05) is 18.4 Å². The minimum Gasteiger partial charge on any atom is -0.343 e. The number of carbonyl (C=O) groups excluding carboxylic acids is 2. The van der Waals surface area contributed by atoms with Crippen LogP contribution in [0.1, 0.15) is 30.4 Å². The molecule has 2 aromatic carbocycles. The molecule has 4 nitrogen and oxygen atoms in total. The van der Waals surface area contributed by atoms with E-state index in [1.807, 2.05) is 42.2 Å². The average Bonchev–Trinajstić information content (AvgIpc) is 2.69. The lowest BCUT2D eigenvalue weighted by Crippen LogP contribution is -2.41. The highest BCUT2D eigenvalue weighted by Gasteiger charge is 2.27. The first-order valence-corrected chi connectivity index (χ1v) is 10.5. The topological polar surface area (TPSA) is 49.4 Å². The summed E-state index contributed by atoms with van der Waals surface area (Å²) in [5.41, 5.74) is 3.14. The van der Waals surface area contributed by atoms with Crippen molar-refractivity contribution in [1.82, 2.24) is 4.90 Å². The molecule has 0 saturated carbocycles. The van der Waals surface area contributed by atoms with Gasteiger partial charge < -0.3 is 10.2 Å². The molecule has 0 atom stereocenters. The van der Waals surface area contributed by atoms with E-state index >= 15 is 0 Å². The van der Waals surface area contributed by atoms with Crippen molar-refractivity contribution < 1.29 is 9.59 Å². The number of benzene rings is 2. The maximum atomic E-state index is 12.6. The molecule has 1 N–H and O–H groups in total. The van der Waals surface area contributed by atoms with Crippen LogP contribution < -0.4 is 5.32 Å². The zero-order valence-corrected chi connectivity index (χ0v) is 17.7. The minimum atomic E-state index is -0.0261. The van der Waals surface area contributed by atoms with Crippen molar-refractivity contribution in [1.29, 1.82) is 0 Å². The van der Waals surface area contributed by atoms with Crippen molar-refractivity contribution in [3.05, 3.63) is 63.2 Å². The highest BCUT2D eigenvalue weighted by molar-refractivity contribution is 14.1. The molecular weight excluding hydrogens is 451 g/mol. The van der Waals surface area contributed by atoms with Gasteiger partial charge in [0, 0.05) is 34.7 Å². The first kappa shape index (κ1) is 19.9. The van der Waals surface area contributed by atoms with Crippen LogP contribution in [-0.4, -0.2) is 29.8 Å². The van der Waals surface area contributed by atoms with Crippen LogP contribution in [0.4, 0.5) is 5.69 Å². The molecule has 1 fully saturated rings. The number of piperidine rings is 1. The molecule has 2 amide bonds. The van der Waals surface area contributed by atoms with Crippen molar-refractivity contribution in [2.45, 2.75) is 32.6 Å². The number of halogens is 1. The van der Waals surface area contributed by atoms with Gasteiger partial charge in [0.05, 0.1) is 0 Å². The number of hydrogen-bond donors (Lipinski definition) is 1. The van der Waals surface area contributed by atoms with Gasteiger partial charge in [-0.25, -0.2) is 0 Å². The van der Waals surface area contributed by atoms with Crippen LogP contribution in [-0.2, 0) is 16.0 Å². The normalized spacial score (nSPS) is 14.8. The summed E-state index contributed by atoms with van der Waals surface area (Å²) >= 11 is 2.27. The molecule has 0 radical (unpaired) electrons. The summed E-state index contributed by atoms with van der Waals surface area (Å²) in [6.45, 7) is 3.33. The van der Waals surface area contributed by atoms with Crippen LogP contribution in [0.25, 0.3) is 0 Å². The molecule has 5 heteroatoms. The third-order valence-electron chi connectivity index (χ3n) is 5.14. The van der Waals surface area contributed by atoms with Crippen LogP contribution in [0.2, 0.25) is 0 Å². The van der Waals surface area contributed by atoms with Gasteiger partial charge in [-0.15, -0.1) is 0 Å². The highest BCUT2D eigenvalue weighted by atomic mass is 127. The fourth-order valence-electron chi connectivity index (χ4n) is 3.45. The fraction of sp³-hybridized carbons (Fsp3) is 0.364. The largest absolute Gasteiger partial charge is 0.343 e. The van der Waals surface area contributed by atoms with Crippen molar-refractivity contribution in [3.63, 3.8) is 0 Å². The van der Waals surface area contributed by atoms with Gasteiger partial charge in [-0.3, -0.25) is 9.59 Å². The molecule has 0 spiro atoms. The van der Waals surface area contributed by atoms with Crippen LogP contribution in [0.3, 0.4) is 0 Å². The van der Waals surface area contributed by atoms with Gasteiger partial charge in [0.15, 0.2) is 0 Å². The Bertz CT molecular complexity index is 799. The zero-order valence-electron chi connectivity index (χ0n) is 15.6. The van der Waals surface area contributed by atoms with E-state index in [2.05, 4.69) is 46.1 Å². The molecule has 0 unspecified atom stereocenters. The zero-order chi connectivity index (χ0) is 19.2. The lowest BCUT2D eigenvalue weighted by atomic mass is 9.95. The predicted octanol–water partition coefficient (Wildman–Crippen LogP) is 4.41. The predicted molar refractivity (Wildman–Crippen MR) is 117 cm³/mol. The van der Waals surface area contributed by atoms with Crippen LogP contribution in [0, 0.1) is 16.4 Å². The summed E-state index contributed by atoms with van der Waals surface area (Å²) in [4.78, 5) is 26.9. The van der Waals surface area contributed by atoms with E-state index in [0.29, 0.717) is 19.5 Å². The van der Waals surface area contributed by atoms with E-state index in [-0.39, 0.29) is 17.7 Å². The Morgan fingerprint density at radius 3 is 2.48 bits per heavy atom. The second-order valence-corrected chi connectivity index (χ2v) is 8.33. The summed E-state index contributed by atoms with van der Waals surface area (Å²) in [6, 6.07) is 16.1. The van der Waals surface area contributed by atoms with Gasteiger partial charge in [0.2, 0.25) is 11.8 Å². The van der Waals surface area contributed by atoms with Gasteiger partial charge in [0.1, 0.15) is 0 Å². The molecule has 1 aliphatic rings. The summed E-state index contributed by atoms with van der Waals surface area (Å²) in [5.74, 6) is 0.226. The number of hydrogen-bond acceptors (Lipinski definition) is 2. The van der Waals surface area contributed by atoms with Crippen LogP contribution >= 0.6 is 22.6 Å². The van der Waals surface area contributed by atoms with Gasteiger partial charge in [-0.2, -0.15) is 0 Å². The lowest BCUT2D eigenvalue weighted by molar-refractivity contribution is -0.134. The molecule has 2 aromatic rings. The Hall–Kier alpha value is -1.89. The first-order chi connectivity index (χ1) is 13.0. The van der Waals surface area contributed by atoms with Crippen molar-refractivity contribution in [3.8, 4) is 0 Å². The van der Waals surface area contributed by atoms with Crippen molar-refractivity contribution in [2.24, 2.45) is 5.92 Å². The Kier molecular flexibility index (Phi) is 6.88. The molecule has 0 aliphatic carbocycles. The quantitative estimate of drug-likeness (QED) is 0.651. The number of aryl methyl sites for hydroxylation is 2. The molecule has 1 heterocycles. The van der Waals surface area contributed by atoms with Gasteiger partial charge in [-0.05, 0) is 78.1 Å². The lowest BCUT2D eigenvalue weighted by Gasteiger charge is -2.31. The standard InChI is InChI=1S/C22H25IN2O2/c1-16-15-19(23)8-9-20(16)24-22(27)18-11-13-25(14-12-18)21(26)10-7-17-5-3-2-4-6-17/h2-6,8-9,15,18H,7,10-14H2,1H3,(H,24,27). The summed E-state index contributed by atoms with van der Waals surface area (Å²) in [7, 11) is 0. The van der Waals surface area contributed by atoms with Gasteiger partial charge in [-0.1, -0.05) is 30.3 Å². The molecular formula is C22H25IN2O2. The number of carbonyl (C=O) groups is 2. The number of likely N-dealkylation sites (tertiary alicyclic amines) is 1. The fourth-order valence-corrected chi connectivity index (χ4v) is 4.09. The number of nitrogens with one attached hydrogen (secondary N) is 1. The molecule has 0 aromatic heterocycles. The van der Waals surface area contributed by atoms with E-state index in [9.17, 15) is 9.59 Å². The average molecular weight is 476 g/mol. The smallest absolute Gasteiger partial charge is 0.227 e. The van der Waals surface area contributed by atoms with Gasteiger partial charge >= 0.3 is 0 Å². The summed E-state index contributed by atoms with van der Waals surface area (Å²) < 4.78 is 1.16. The molecule has 1 aliphatic heterocycles. The molecule has 0 bridgehead atoms. The van der Waals surface area contributed by atoms with E-state index in [0.717, 1.165) is 34.1 Å². The van der Waals surface area contributed by atoms with E-state index < -0.39 is 0 Å². The summed E-state index contributed by atoms with van der Waals surface area (Å²) in [6.07, 6.45) is 2.76. The number of anilines is 1. The van der Waals surface area contributed by atoms with Crippen LogP contribution in [0.5, 0.6) is 0 Å². The monoisotopic (exact) mass is 476 g/mol. The Balaban J connectivity index is 1.46. The maximum Gasteiger partial charge on any atom is 0.227 e. The maximum absolute atomic E-state index is 12.6. The highest BCUT2D eigenvalue weighted by Crippen LogP contribution is 2.23. The molecule has 142 valence electrons. The molecule has 1 saturated heterocycles. The number of nitrogens with zero attached hydrogens (tertiary/aromatic N) is 1. The van der Waals surface area contributed by atoms with Crippen LogP contribution in [0.15, 0.2) is 48.5 Å². The molecule has 27 heavy (non-hydrogen) atoms. The Labute approximate surface area is 174 Å². The van der Waals surface area contributed by atoms with E-state index in [4.69, 9.17) is 0 Å². The number of amides is 2. The molecule has 3 rings (SSSR count). The SMILES string of the molecule is Cc1cc(I)ccc1NC(=O)C1CCN(C(=O)CCc2ccccc2)CC1. The van der Waals surface area contributed by atoms with Crippen molar-refractivity contribution >= 4 is 40.1 Å². The third-order valence-corrected chi connectivity index (χ3v) is 5.81. The van der Waals surface area contributed by atoms with Gasteiger partial charge in [0.25, 0.3) is 0 Å². The minimum absolute atomic E-state index is 0.0261.